The third-order valence-electron chi connectivity index (χ3n) is 4.14. The van der Waals surface area contributed by atoms with Gasteiger partial charge < -0.3 is 10.6 Å². The molecule has 3 N–H and O–H groups in total. The van der Waals surface area contributed by atoms with Crippen LogP contribution in [0.5, 0.6) is 0 Å². The van der Waals surface area contributed by atoms with E-state index in [1.165, 1.54) is 0 Å². The molecule has 8 nitrogen and oxygen atoms in total. The first-order valence-corrected chi connectivity index (χ1v) is 8.95. The first kappa shape index (κ1) is 14.7. The van der Waals surface area contributed by atoms with Crippen molar-refractivity contribution in [3.8, 4) is 0 Å². The number of hydrogen-bond acceptors (Lipinski definition) is 7. The Kier molecular flexibility index (Phi) is 3.64. The van der Waals surface area contributed by atoms with Gasteiger partial charge in [-0.05, 0) is 31.8 Å². The van der Waals surface area contributed by atoms with E-state index in [0.717, 1.165) is 43.3 Å². The summed E-state index contributed by atoms with van der Waals surface area (Å²) in [6.45, 7) is 2.73. The zero-order valence-electron chi connectivity index (χ0n) is 11.2. The summed E-state index contributed by atoms with van der Waals surface area (Å²) in [6.07, 6.45) is 1.97. The maximum Gasteiger partial charge on any atom is 0.304 e. The molecule has 21 heavy (non-hydrogen) atoms. The fraction of sp³-hybridized carbons (Fsp3) is 0.636. The number of sulfonamides is 1. The molecule has 1 aromatic rings. The standard InChI is InChI=1S/C11H16N4O4S2/c12-11-9(15(16)17)5-10(20-11)21(18,19)13-8-6-14-3-1-7(8)2-4-14/h5,7-8,13H,1-4,6,12H2. The summed E-state index contributed by atoms with van der Waals surface area (Å²) in [7, 11) is -3.76. The first-order chi connectivity index (χ1) is 9.87. The molecule has 3 fully saturated rings. The van der Waals surface area contributed by atoms with Crippen LogP contribution in [0.1, 0.15) is 12.8 Å². The van der Waals surface area contributed by atoms with E-state index in [-0.39, 0.29) is 20.9 Å². The maximum atomic E-state index is 12.4. The molecule has 4 heterocycles. The zero-order chi connectivity index (χ0) is 15.2. The van der Waals surface area contributed by atoms with Crippen molar-refractivity contribution in [2.75, 3.05) is 25.4 Å². The van der Waals surface area contributed by atoms with Gasteiger partial charge in [-0.2, -0.15) is 0 Å². The highest BCUT2D eigenvalue weighted by Crippen LogP contribution is 2.35. The number of piperidine rings is 3. The summed E-state index contributed by atoms with van der Waals surface area (Å²) in [5.74, 6) is 0.345. The van der Waals surface area contributed by atoms with Gasteiger partial charge in [0.05, 0.1) is 4.92 Å². The third kappa shape index (κ3) is 2.76. The molecule has 3 aliphatic rings. The molecule has 116 valence electrons. The normalized spacial score (nSPS) is 28.7. The van der Waals surface area contributed by atoms with E-state index in [9.17, 15) is 18.5 Å². The van der Waals surface area contributed by atoms with E-state index >= 15 is 0 Å². The van der Waals surface area contributed by atoms with Crippen LogP contribution in [0.2, 0.25) is 0 Å². The van der Waals surface area contributed by atoms with Crippen LogP contribution in [0.4, 0.5) is 10.7 Å². The largest absolute Gasteiger partial charge is 0.385 e. The smallest absolute Gasteiger partial charge is 0.304 e. The molecule has 0 amide bonds. The molecule has 0 aromatic carbocycles. The summed E-state index contributed by atoms with van der Waals surface area (Å²) < 4.78 is 27.3. The molecule has 1 unspecified atom stereocenters. The summed E-state index contributed by atoms with van der Waals surface area (Å²) >= 11 is 0.730. The summed E-state index contributed by atoms with van der Waals surface area (Å²) in [5, 5.41) is 10.7. The Morgan fingerprint density at radius 1 is 1.43 bits per heavy atom. The SMILES string of the molecule is Nc1sc(S(=O)(=O)NC2CN3CCC2CC3)cc1[N+](=O)[O-]. The molecule has 3 aliphatic heterocycles. The van der Waals surface area contributed by atoms with Crippen LogP contribution >= 0.6 is 11.3 Å². The summed E-state index contributed by atoms with van der Waals surface area (Å²) in [5.41, 5.74) is 5.16. The molecule has 2 bridgehead atoms. The molecule has 0 radical (unpaired) electrons. The predicted molar refractivity (Wildman–Crippen MR) is 78.7 cm³/mol. The number of nitrogen functional groups attached to an aromatic ring is 1. The van der Waals surface area contributed by atoms with Crippen LogP contribution < -0.4 is 10.5 Å². The highest BCUT2D eigenvalue weighted by Gasteiger charge is 2.37. The second kappa shape index (κ2) is 5.20. The molecule has 3 saturated heterocycles. The molecule has 1 atom stereocenters. The van der Waals surface area contributed by atoms with Gasteiger partial charge in [-0.25, -0.2) is 13.1 Å². The van der Waals surface area contributed by atoms with E-state index in [1.807, 2.05) is 0 Å². The van der Waals surface area contributed by atoms with Crippen LogP contribution in [-0.4, -0.2) is 43.9 Å². The van der Waals surface area contributed by atoms with Crippen molar-refractivity contribution >= 4 is 32.0 Å². The van der Waals surface area contributed by atoms with Crippen LogP contribution in [-0.2, 0) is 10.0 Å². The van der Waals surface area contributed by atoms with Gasteiger partial charge in [0.25, 0.3) is 10.0 Å². The van der Waals surface area contributed by atoms with E-state index < -0.39 is 14.9 Å². The average Bonchev–Trinajstić information content (AvgIpc) is 2.83. The van der Waals surface area contributed by atoms with Gasteiger partial charge in [0, 0.05) is 18.7 Å². The van der Waals surface area contributed by atoms with Gasteiger partial charge in [-0.3, -0.25) is 10.1 Å². The molecule has 0 aliphatic carbocycles. The first-order valence-electron chi connectivity index (χ1n) is 6.65. The van der Waals surface area contributed by atoms with Gasteiger partial charge >= 0.3 is 5.69 Å². The van der Waals surface area contributed by atoms with Gasteiger partial charge in [0.15, 0.2) is 5.00 Å². The van der Waals surface area contributed by atoms with E-state index in [4.69, 9.17) is 5.73 Å². The van der Waals surface area contributed by atoms with Crippen LogP contribution in [0, 0.1) is 16.0 Å². The Labute approximate surface area is 126 Å². The summed E-state index contributed by atoms with van der Waals surface area (Å²) in [4.78, 5) is 12.3. The molecule has 0 spiro atoms. The fourth-order valence-electron chi connectivity index (χ4n) is 3.00. The van der Waals surface area contributed by atoms with Crippen LogP contribution in [0.15, 0.2) is 10.3 Å². The highest BCUT2D eigenvalue weighted by molar-refractivity contribution is 7.91. The van der Waals surface area contributed by atoms with E-state index in [0.29, 0.717) is 12.5 Å². The van der Waals surface area contributed by atoms with Gasteiger partial charge in [-0.15, -0.1) is 0 Å². The molecule has 4 rings (SSSR count). The molecular formula is C11H16N4O4S2. The maximum absolute atomic E-state index is 12.4. The zero-order valence-corrected chi connectivity index (χ0v) is 12.8. The van der Waals surface area contributed by atoms with E-state index in [1.54, 1.807) is 0 Å². The Morgan fingerprint density at radius 2 is 2.10 bits per heavy atom. The summed E-state index contributed by atoms with van der Waals surface area (Å²) in [6, 6.07) is 0.906. The van der Waals surface area contributed by atoms with Gasteiger partial charge in [-0.1, -0.05) is 11.3 Å². The van der Waals surface area contributed by atoms with Gasteiger partial charge in [0.1, 0.15) is 4.21 Å². The van der Waals surface area contributed by atoms with Gasteiger partial charge in [0.2, 0.25) is 0 Å². The minimum Gasteiger partial charge on any atom is -0.385 e. The van der Waals surface area contributed by atoms with Crippen molar-refractivity contribution in [1.82, 2.24) is 9.62 Å². The van der Waals surface area contributed by atoms with Crippen molar-refractivity contribution in [3.05, 3.63) is 16.2 Å². The number of hydrogen-bond donors (Lipinski definition) is 2. The molecule has 10 heteroatoms. The van der Waals surface area contributed by atoms with Crippen molar-refractivity contribution in [1.29, 1.82) is 0 Å². The molecule has 1 aromatic heterocycles. The number of thiophene rings is 1. The topological polar surface area (TPSA) is 119 Å². The number of anilines is 1. The van der Waals surface area contributed by atoms with Crippen molar-refractivity contribution in [3.63, 3.8) is 0 Å². The Morgan fingerprint density at radius 3 is 2.57 bits per heavy atom. The fourth-order valence-corrected chi connectivity index (χ4v) is 5.53. The van der Waals surface area contributed by atoms with Crippen molar-refractivity contribution in [2.45, 2.75) is 23.1 Å². The number of nitro groups is 1. The van der Waals surface area contributed by atoms with E-state index in [2.05, 4.69) is 9.62 Å². The second-order valence-corrected chi connectivity index (χ2v) is 8.46. The predicted octanol–water partition coefficient (Wildman–Crippen LogP) is 0.611. The van der Waals surface area contributed by atoms with Crippen LogP contribution in [0.3, 0.4) is 0 Å². The third-order valence-corrected chi connectivity index (χ3v) is 7.06. The monoisotopic (exact) mass is 332 g/mol. The quantitative estimate of drug-likeness (QED) is 0.616. The number of rotatable bonds is 4. The number of nitrogens with one attached hydrogen (secondary N) is 1. The second-order valence-electron chi connectivity index (χ2n) is 5.44. The molecular weight excluding hydrogens is 316 g/mol. The number of fused-ring (bicyclic) bond motifs is 3. The lowest BCUT2D eigenvalue weighted by Crippen LogP contribution is -2.57. The average molecular weight is 332 g/mol. The van der Waals surface area contributed by atoms with Crippen molar-refractivity contribution in [2.24, 2.45) is 5.92 Å². The lowest BCUT2D eigenvalue weighted by molar-refractivity contribution is -0.383. The Hall–Kier alpha value is -1.23. The Bertz CT molecular complexity index is 664. The minimum atomic E-state index is -3.76. The lowest BCUT2D eigenvalue weighted by atomic mass is 9.85. The minimum absolute atomic E-state index is 0.0886. The molecule has 0 saturated carbocycles. The lowest BCUT2D eigenvalue weighted by Gasteiger charge is -2.44. The number of nitrogens with zero attached hydrogens (tertiary/aromatic N) is 2. The highest BCUT2D eigenvalue weighted by atomic mass is 32.2. The van der Waals surface area contributed by atoms with Crippen molar-refractivity contribution < 1.29 is 13.3 Å². The number of nitrogens with two attached hydrogens (primary N) is 1. The Balaban J connectivity index is 1.81. The van der Waals surface area contributed by atoms with Crippen LogP contribution in [0.25, 0.3) is 0 Å².